The van der Waals surface area contributed by atoms with Gasteiger partial charge in [-0.05, 0) is 18.8 Å². The highest BCUT2D eigenvalue weighted by Gasteiger charge is 2.42. The Morgan fingerprint density at radius 2 is 1.62 bits per heavy atom. The first-order valence-electron chi connectivity index (χ1n) is 12.4. The van der Waals surface area contributed by atoms with Crippen molar-refractivity contribution in [2.45, 2.75) is 90.4 Å². The van der Waals surface area contributed by atoms with E-state index < -0.39 is 72.6 Å². The number of hydrogen-bond acceptors (Lipinski definition) is 8. The van der Waals surface area contributed by atoms with E-state index in [0.717, 1.165) is 11.3 Å². The maximum absolute atomic E-state index is 13.4. The van der Waals surface area contributed by atoms with Crippen molar-refractivity contribution < 1.29 is 48.6 Å². The molecule has 5 unspecified atom stereocenters. The van der Waals surface area contributed by atoms with Gasteiger partial charge >= 0.3 is 11.9 Å². The van der Waals surface area contributed by atoms with Crippen LogP contribution in [0.15, 0.2) is 0 Å². The summed E-state index contributed by atoms with van der Waals surface area (Å²) in [5.41, 5.74) is 4.47. The molecule has 1 rings (SSSR count). The summed E-state index contributed by atoms with van der Waals surface area (Å²) in [6, 6.07) is -4.34. The SMILES string of the molecule is CC(N)=O.CCC(C)CC(=O)NC(CCC(=O)O)C(=O)N1CC(NC(C)=O)CC1C(=O)NC(C=O)CC(=O)O. The van der Waals surface area contributed by atoms with Crippen molar-refractivity contribution in [2.24, 2.45) is 11.7 Å². The van der Waals surface area contributed by atoms with Gasteiger partial charge in [0.1, 0.15) is 18.4 Å². The van der Waals surface area contributed by atoms with Crippen LogP contribution in [0.25, 0.3) is 0 Å². The Kier molecular flexibility index (Phi) is 15.7. The lowest BCUT2D eigenvalue weighted by Crippen LogP contribution is -2.55. The highest BCUT2D eigenvalue weighted by Crippen LogP contribution is 2.21. The molecule has 0 aromatic heterocycles. The standard InChI is InChI=1S/C22H34N4O9.C2H5NO/c1-4-12(2)7-18(29)25-16(5-6-19(30)31)22(35)26-10-14(23-13(3)28)8-17(26)21(34)24-15(11-27)9-20(32)33;1-2(3)4/h11-12,14-17H,4-10H2,1-3H3,(H,23,28)(H,24,34)(H,25,29)(H,30,31)(H,32,33);1H3,(H2,3,4). The molecular formula is C24H39N5O10. The van der Waals surface area contributed by atoms with Gasteiger partial charge in [0.2, 0.25) is 29.5 Å². The van der Waals surface area contributed by atoms with Crippen LogP contribution in [0.3, 0.4) is 0 Å². The van der Waals surface area contributed by atoms with Gasteiger partial charge in [0.25, 0.3) is 0 Å². The van der Waals surface area contributed by atoms with E-state index in [-0.39, 0.29) is 43.9 Å². The minimum atomic E-state index is -1.32. The molecule has 0 aliphatic carbocycles. The molecule has 15 heteroatoms. The highest BCUT2D eigenvalue weighted by atomic mass is 16.4. The van der Waals surface area contributed by atoms with Gasteiger partial charge in [-0.25, -0.2) is 0 Å². The Morgan fingerprint density at radius 1 is 1.03 bits per heavy atom. The average molecular weight is 558 g/mol. The topological polar surface area (TPSA) is 242 Å². The third-order valence-corrected chi connectivity index (χ3v) is 5.69. The largest absolute Gasteiger partial charge is 0.481 e. The van der Waals surface area contributed by atoms with Crippen LogP contribution in [0.1, 0.15) is 66.2 Å². The third kappa shape index (κ3) is 14.5. The quantitative estimate of drug-likeness (QED) is 0.135. The molecule has 7 N–H and O–H groups in total. The number of carboxylic acid groups (broad SMARTS) is 2. The summed E-state index contributed by atoms with van der Waals surface area (Å²) in [5.74, 6) is -5.13. The van der Waals surface area contributed by atoms with Gasteiger partial charge in [-0.3, -0.25) is 33.6 Å². The minimum Gasteiger partial charge on any atom is -0.481 e. The number of likely N-dealkylation sites (tertiary alicyclic amines) is 1. The molecule has 220 valence electrons. The summed E-state index contributed by atoms with van der Waals surface area (Å²) >= 11 is 0. The molecule has 0 spiro atoms. The molecule has 0 radical (unpaired) electrons. The van der Waals surface area contributed by atoms with Crippen LogP contribution in [0, 0.1) is 5.92 Å². The number of carbonyl (C=O) groups is 8. The predicted octanol–water partition coefficient (Wildman–Crippen LogP) is -1.47. The number of aliphatic carboxylic acids is 2. The number of amides is 5. The van der Waals surface area contributed by atoms with Gasteiger partial charge in [0, 0.05) is 39.3 Å². The Morgan fingerprint density at radius 3 is 2.08 bits per heavy atom. The smallest absolute Gasteiger partial charge is 0.305 e. The zero-order chi connectivity index (χ0) is 30.3. The Bertz CT molecular complexity index is 921. The van der Waals surface area contributed by atoms with E-state index in [2.05, 4.69) is 21.7 Å². The second-order valence-corrected chi connectivity index (χ2v) is 9.37. The summed E-state index contributed by atoms with van der Waals surface area (Å²) in [6.45, 7) is 6.23. The van der Waals surface area contributed by atoms with E-state index in [1.54, 1.807) is 0 Å². The van der Waals surface area contributed by atoms with Crippen LogP contribution in [0.2, 0.25) is 0 Å². The minimum absolute atomic E-state index is 0.0116. The lowest BCUT2D eigenvalue weighted by Gasteiger charge is -2.29. The molecule has 5 atom stereocenters. The van der Waals surface area contributed by atoms with Gasteiger partial charge in [-0.15, -0.1) is 0 Å². The van der Waals surface area contributed by atoms with Crippen LogP contribution in [-0.2, 0) is 38.4 Å². The number of nitrogens with zero attached hydrogens (tertiary/aromatic N) is 1. The van der Waals surface area contributed by atoms with E-state index in [4.69, 9.17) is 10.2 Å². The van der Waals surface area contributed by atoms with Crippen molar-refractivity contribution in [1.82, 2.24) is 20.9 Å². The highest BCUT2D eigenvalue weighted by molar-refractivity contribution is 5.94. The van der Waals surface area contributed by atoms with E-state index in [0.29, 0.717) is 0 Å². The first-order chi connectivity index (χ1) is 18.1. The molecule has 0 aromatic carbocycles. The molecule has 1 fully saturated rings. The monoisotopic (exact) mass is 557 g/mol. The molecular weight excluding hydrogens is 518 g/mol. The summed E-state index contributed by atoms with van der Waals surface area (Å²) in [6.07, 6.45) is -0.175. The molecule has 39 heavy (non-hydrogen) atoms. The van der Waals surface area contributed by atoms with E-state index in [1.165, 1.54) is 13.8 Å². The normalized spacial score (nSPS) is 18.3. The number of nitrogens with two attached hydrogens (primary N) is 1. The van der Waals surface area contributed by atoms with Crippen molar-refractivity contribution >= 4 is 47.8 Å². The molecule has 1 heterocycles. The van der Waals surface area contributed by atoms with Crippen molar-refractivity contribution in [3.05, 3.63) is 0 Å². The van der Waals surface area contributed by atoms with Gasteiger partial charge in [0.05, 0.1) is 12.5 Å². The predicted molar refractivity (Wildman–Crippen MR) is 136 cm³/mol. The fourth-order valence-corrected chi connectivity index (χ4v) is 3.76. The maximum Gasteiger partial charge on any atom is 0.305 e. The summed E-state index contributed by atoms with van der Waals surface area (Å²) in [5, 5.41) is 25.4. The number of nitrogens with one attached hydrogen (secondary N) is 3. The zero-order valence-corrected chi connectivity index (χ0v) is 22.6. The van der Waals surface area contributed by atoms with Crippen molar-refractivity contribution in [2.75, 3.05) is 6.54 Å². The molecule has 0 aromatic rings. The van der Waals surface area contributed by atoms with Crippen molar-refractivity contribution in [3.63, 3.8) is 0 Å². The molecule has 1 aliphatic heterocycles. The van der Waals surface area contributed by atoms with E-state index in [1.807, 2.05) is 13.8 Å². The van der Waals surface area contributed by atoms with Gasteiger partial charge in [-0.1, -0.05) is 20.3 Å². The second kappa shape index (κ2) is 17.5. The molecule has 0 bridgehead atoms. The number of aldehydes is 1. The summed E-state index contributed by atoms with van der Waals surface area (Å²) < 4.78 is 0. The Labute approximate surface area is 226 Å². The van der Waals surface area contributed by atoms with Crippen LogP contribution in [-0.4, -0.2) is 93.6 Å². The molecule has 0 saturated carbocycles. The molecule has 1 aliphatic rings. The van der Waals surface area contributed by atoms with Crippen LogP contribution < -0.4 is 21.7 Å². The van der Waals surface area contributed by atoms with Gasteiger partial charge in [0.15, 0.2) is 0 Å². The lowest BCUT2D eigenvalue weighted by molar-refractivity contribution is -0.144. The van der Waals surface area contributed by atoms with Crippen LogP contribution >= 0.6 is 0 Å². The van der Waals surface area contributed by atoms with Gasteiger partial charge < -0.3 is 41.6 Å². The Hall–Kier alpha value is -4.04. The van der Waals surface area contributed by atoms with Crippen molar-refractivity contribution in [1.29, 1.82) is 0 Å². The Balaban J connectivity index is 0.00000336. The number of carbonyl (C=O) groups excluding carboxylic acids is 6. The van der Waals surface area contributed by atoms with E-state index in [9.17, 15) is 38.4 Å². The first kappa shape index (κ1) is 35.0. The van der Waals surface area contributed by atoms with Crippen LogP contribution in [0.4, 0.5) is 0 Å². The summed E-state index contributed by atoms with van der Waals surface area (Å²) in [7, 11) is 0. The number of primary amides is 1. The molecule has 5 amide bonds. The molecule has 15 nitrogen and oxygen atoms in total. The first-order valence-corrected chi connectivity index (χ1v) is 12.4. The van der Waals surface area contributed by atoms with Gasteiger partial charge in [-0.2, -0.15) is 0 Å². The number of rotatable bonds is 14. The second-order valence-electron chi connectivity index (χ2n) is 9.37. The fourth-order valence-electron chi connectivity index (χ4n) is 3.76. The zero-order valence-electron chi connectivity index (χ0n) is 22.6. The lowest BCUT2D eigenvalue weighted by atomic mass is 10.0. The molecule has 1 saturated heterocycles. The van der Waals surface area contributed by atoms with Crippen LogP contribution in [0.5, 0.6) is 0 Å². The number of hydrogen-bond donors (Lipinski definition) is 6. The maximum atomic E-state index is 13.4. The fraction of sp³-hybridized carbons (Fsp3) is 0.667. The van der Waals surface area contributed by atoms with Crippen molar-refractivity contribution in [3.8, 4) is 0 Å². The average Bonchev–Trinajstić information content (AvgIpc) is 3.23. The summed E-state index contributed by atoms with van der Waals surface area (Å²) in [4.78, 5) is 93.8. The third-order valence-electron chi connectivity index (χ3n) is 5.69. The van der Waals surface area contributed by atoms with E-state index >= 15 is 0 Å². The number of carboxylic acids is 2.